The summed E-state index contributed by atoms with van der Waals surface area (Å²) in [5.41, 5.74) is 1.37. The summed E-state index contributed by atoms with van der Waals surface area (Å²) in [6, 6.07) is 5.09. The van der Waals surface area contributed by atoms with Gasteiger partial charge in [0.1, 0.15) is 0 Å². The van der Waals surface area contributed by atoms with Gasteiger partial charge < -0.3 is 10.1 Å². The molecular weight excluding hydrogens is 556 g/mol. The number of anilines is 1. The fraction of sp³-hybridized carbons (Fsp3) is 0.524. The summed E-state index contributed by atoms with van der Waals surface area (Å²) in [5, 5.41) is 3.12. The molecule has 1 aliphatic heterocycles. The number of halogens is 3. The number of nitrogens with one attached hydrogen (secondary N) is 1. The summed E-state index contributed by atoms with van der Waals surface area (Å²) in [6.07, 6.45) is 0.709. The van der Waals surface area contributed by atoms with Crippen molar-refractivity contribution < 1.29 is 23.9 Å². The highest BCUT2D eigenvalue weighted by molar-refractivity contribution is 9.12. The van der Waals surface area contributed by atoms with E-state index in [4.69, 9.17) is 16.3 Å². The van der Waals surface area contributed by atoms with E-state index in [9.17, 15) is 19.2 Å². The number of carbonyl (C=O) groups is 4. The first-order chi connectivity index (χ1) is 14.7. The second-order valence-electron chi connectivity index (χ2n) is 8.25. The van der Waals surface area contributed by atoms with E-state index < -0.39 is 18.5 Å². The second-order valence-corrected chi connectivity index (χ2v) is 10.8. The van der Waals surface area contributed by atoms with Crippen LogP contribution in [0.1, 0.15) is 18.4 Å². The summed E-state index contributed by atoms with van der Waals surface area (Å²) in [7, 11) is 0. The van der Waals surface area contributed by atoms with Crippen molar-refractivity contribution in [1.82, 2.24) is 4.90 Å². The number of likely N-dealkylation sites (tertiary alicyclic amines) is 1. The van der Waals surface area contributed by atoms with Crippen LogP contribution in [0.4, 0.5) is 5.69 Å². The van der Waals surface area contributed by atoms with Gasteiger partial charge in [0, 0.05) is 26.9 Å². The predicted molar refractivity (Wildman–Crippen MR) is 121 cm³/mol. The first kappa shape index (κ1) is 22.7. The molecule has 2 bridgehead atoms. The normalized spacial score (nSPS) is 31.2. The number of esters is 1. The topological polar surface area (TPSA) is 92.8 Å². The number of nitrogens with zero attached hydrogens (tertiary/aromatic N) is 1. The van der Waals surface area contributed by atoms with Crippen LogP contribution in [-0.2, 0) is 23.9 Å². The summed E-state index contributed by atoms with van der Waals surface area (Å²) in [5.74, 6) is -1.89. The lowest BCUT2D eigenvalue weighted by Crippen LogP contribution is -2.37. The van der Waals surface area contributed by atoms with Gasteiger partial charge in [0.05, 0.1) is 18.3 Å². The lowest BCUT2D eigenvalue weighted by molar-refractivity contribution is -0.149. The molecule has 1 aromatic rings. The molecule has 7 nitrogen and oxygen atoms in total. The zero-order chi connectivity index (χ0) is 22.4. The van der Waals surface area contributed by atoms with Crippen molar-refractivity contribution in [1.29, 1.82) is 0 Å². The van der Waals surface area contributed by atoms with E-state index in [0.29, 0.717) is 10.7 Å². The molecular formula is C21H21Br2ClN2O5. The maximum Gasteiger partial charge on any atom is 0.308 e. The SMILES string of the molecule is Cc1ccc(Cl)cc1NC(=O)COC(=O)CCN1C(=O)[C@@H]2[C@H]3C[C@@H]([C@H](Br)[C@@H]3Br)[C@@H]2C1=O. The molecule has 10 heteroatoms. The maximum atomic E-state index is 12.8. The van der Waals surface area contributed by atoms with Gasteiger partial charge in [-0.25, -0.2) is 0 Å². The average molecular weight is 577 g/mol. The molecule has 31 heavy (non-hydrogen) atoms. The Morgan fingerprint density at radius 3 is 2.39 bits per heavy atom. The molecule has 2 aliphatic carbocycles. The molecule has 1 heterocycles. The van der Waals surface area contributed by atoms with Crippen molar-refractivity contribution in [2.24, 2.45) is 23.7 Å². The molecule has 6 atom stereocenters. The van der Waals surface area contributed by atoms with Gasteiger partial charge in [-0.2, -0.15) is 0 Å². The number of carbonyl (C=O) groups excluding carboxylic acids is 4. The van der Waals surface area contributed by atoms with Crippen molar-refractivity contribution in [3.8, 4) is 0 Å². The Kier molecular flexibility index (Phi) is 6.47. The molecule has 3 aliphatic rings. The Labute approximate surface area is 201 Å². The predicted octanol–water partition coefficient (Wildman–Crippen LogP) is 3.30. The number of hydrogen-bond acceptors (Lipinski definition) is 5. The van der Waals surface area contributed by atoms with Gasteiger partial charge in [0.25, 0.3) is 5.91 Å². The molecule has 0 radical (unpaired) electrons. The summed E-state index contributed by atoms with van der Waals surface area (Å²) >= 11 is 13.2. The van der Waals surface area contributed by atoms with Crippen LogP contribution in [0.3, 0.4) is 0 Å². The smallest absolute Gasteiger partial charge is 0.308 e. The third-order valence-corrected chi connectivity index (χ3v) is 9.90. The third kappa shape index (κ3) is 4.16. The third-order valence-electron chi connectivity index (χ3n) is 6.46. The molecule has 1 saturated heterocycles. The van der Waals surface area contributed by atoms with Crippen LogP contribution >= 0.6 is 43.5 Å². The molecule has 3 amide bonds. The molecule has 4 rings (SSSR count). The van der Waals surface area contributed by atoms with Crippen molar-refractivity contribution in [2.75, 3.05) is 18.5 Å². The number of amides is 3. The zero-order valence-corrected chi connectivity index (χ0v) is 20.6. The number of imide groups is 1. The van der Waals surface area contributed by atoms with Crippen LogP contribution in [0, 0.1) is 30.6 Å². The highest BCUT2D eigenvalue weighted by Crippen LogP contribution is 2.60. The van der Waals surface area contributed by atoms with Crippen LogP contribution in [0.5, 0.6) is 0 Å². The minimum Gasteiger partial charge on any atom is -0.456 e. The minimum absolute atomic E-state index is 0.0299. The van der Waals surface area contributed by atoms with Gasteiger partial charge in [-0.3, -0.25) is 24.1 Å². The maximum absolute atomic E-state index is 12.8. The Hall–Kier alpha value is -1.45. The highest BCUT2D eigenvalue weighted by atomic mass is 79.9. The van der Waals surface area contributed by atoms with Crippen molar-refractivity contribution in [3.05, 3.63) is 28.8 Å². The fourth-order valence-electron chi connectivity index (χ4n) is 4.97. The lowest BCUT2D eigenvalue weighted by atomic mass is 9.81. The van der Waals surface area contributed by atoms with E-state index in [1.165, 1.54) is 4.90 Å². The monoisotopic (exact) mass is 574 g/mol. The van der Waals surface area contributed by atoms with E-state index in [1.54, 1.807) is 18.2 Å². The average Bonchev–Trinajstić information content (AvgIpc) is 3.33. The molecule has 3 fully saturated rings. The lowest BCUT2D eigenvalue weighted by Gasteiger charge is -2.28. The van der Waals surface area contributed by atoms with Gasteiger partial charge in [-0.1, -0.05) is 49.5 Å². The molecule has 2 saturated carbocycles. The van der Waals surface area contributed by atoms with Gasteiger partial charge >= 0.3 is 5.97 Å². The van der Waals surface area contributed by atoms with E-state index in [1.807, 2.05) is 6.92 Å². The van der Waals surface area contributed by atoms with Crippen LogP contribution in [0.2, 0.25) is 5.02 Å². The van der Waals surface area contributed by atoms with Crippen LogP contribution < -0.4 is 5.32 Å². The van der Waals surface area contributed by atoms with Gasteiger partial charge in [0.15, 0.2) is 6.61 Å². The largest absolute Gasteiger partial charge is 0.456 e. The van der Waals surface area contributed by atoms with E-state index in [0.717, 1.165) is 12.0 Å². The van der Waals surface area contributed by atoms with Crippen LogP contribution in [0.15, 0.2) is 18.2 Å². The molecule has 0 aromatic heterocycles. The van der Waals surface area contributed by atoms with Crippen LogP contribution in [-0.4, -0.2) is 51.4 Å². The summed E-state index contributed by atoms with van der Waals surface area (Å²) < 4.78 is 5.01. The minimum atomic E-state index is -0.643. The molecule has 0 spiro atoms. The number of rotatable bonds is 6. The van der Waals surface area contributed by atoms with Gasteiger partial charge in [-0.15, -0.1) is 0 Å². The summed E-state index contributed by atoms with van der Waals surface area (Å²) in [4.78, 5) is 51.3. The quantitative estimate of drug-likeness (QED) is 0.319. The Bertz CT molecular complexity index is 926. The van der Waals surface area contributed by atoms with E-state index >= 15 is 0 Å². The first-order valence-electron chi connectivity index (χ1n) is 10.0. The summed E-state index contributed by atoms with van der Waals surface area (Å²) in [6.45, 7) is 1.33. The number of aryl methyl sites for hydroxylation is 1. The Morgan fingerprint density at radius 2 is 1.77 bits per heavy atom. The number of alkyl halides is 2. The Morgan fingerprint density at radius 1 is 1.16 bits per heavy atom. The van der Waals surface area contributed by atoms with Gasteiger partial charge in [0.2, 0.25) is 11.8 Å². The Balaban J connectivity index is 1.27. The van der Waals surface area contributed by atoms with E-state index in [2.05, 4.69) is 37.2 Å². The molecule has 166 valence electrons. The van der Waals surface area contributed by atoms with Crippen molar-refractivity contribution in [3.63, 3.8) is 0 Å². The number of hydrogen-bond donors (Lipinski definition) is 1. The molecule has 1 aromatic carbocycles. The first-order valence-corrected chi connectivity index (χ1v) is 12.2. The molecule has 1 N–H and O–H groups in total. The second kappa shape index (κ2) is 8.83. The fourth-order valence-corrected chi connectivity index (χ4v) is 7.01. The zero-order valence-electron chi connectivity index (χ0n) is 16.6. The van der Waals surface area contributed by atoms with Crippen molar-refractivity contribution >= 4 is 72.8 Å². The number of benzene rings is 1. The standard InChI is InChI=1S/C21H21Br2ClN2O5/c1-9-2-3-10(24)6-13(9)25-14(27)8-31-15(28)4-5-26-20(29)16-11-7-12(17(16)21(26)30)19(23)18(11)22/h2-3,6,11-12,16-19H,4-5,7-8H2,1H3,(H,25,27)/t11-,12-,16-,17+,18-,19+/m1/s1. The van der Waals surface area contributed by atoms with Crippen molar-refractivity contribution in [2.45, 2.75) is 29.4 Å². The molecule has 0 unspecified atom stereocenters. The van der Waals surface area contributed by atoms with Crippen LogP contribution in [0.25, 0.3) is 0 Å². The number of ether oxygens (including phenoxy) is 1. The highest BCUT2D eigenvalue weighted by Gasteiger charge is 2.66. The number of fused-ring (bicyclic) bond motifs is 5. The van der Waals surface area contributed by atoms with E-state index in [-0.39, 0.29) is 58.1 Å². The van der Waals surface area contributed by atoms with Gasteiger partial charge in [-0.05, 0) is 42.9 Å².